The van der Waals surface area contributed by atoms with Gasteiger partial charge in [0.1, 0.15) is 5.75 Å². The molecular formula is C16H23NO2. The van der Waals surface area contributed by atoms with Crippen molar-refractivity contribution >= 4 is 5.91 Å². The highest BCUT2D eigenvalue weighted by Crippen LogP contribution is 2.23. The molecule has 0 atom stereocenters. The van der Waals surface area contributed by atoms with Crippen molar-refractivity contribution in [1.82, 2.24) is 4.90 Å². The van der Waals surface area contributed by atoms with E-state index in [1.165, 1.54) is 19.3 Å². The van der Waals surface area contributed by atoms with Gasteiger partial charge in [0.25, 0.3) is 0 Å². The van der Waals surface area contributed by atoms with Gasteiger partial charge in [0, 0.05) is 18.7 Å². The topological polar surface area (TPSA) is 29.5 Å². The van der Waals surface area contributed by atoms with Crippen LogP contribution in [0.4, 0.5) is 0 Å². The number of carbonyl (C=O) groups is 1. The smallest absolute Gasteiger partial charge is 0.227 e. The van der Waals surface area contributed by atoms with E-state index in [4.69, 9.17) is 4.74 Å². The van der Waals surface area contributed by atoms with Crippen LogP contribution in [0.15, 0.2) is 24.3 Å². The second-order valence-electron chi connectivity index (χ2n) is 5.29. The Morgan fingerprint density at radius 3 is 2.63 bits per heavy atom. The van der Waals surface area contributed by atoms with Gasteiger partial charge >= 0.3 is 0 Å². The summed E-state index contributed by atoms with van der Waals surface area (Å²) in [4.78, 5) is 14.3. The number of carbonyl (C=O) groups excluding carboxylic acids is 1. The van der Waals surface area contributed by atoms with Crippen LogP contribution in [-0.2, 0) is 11.2 Å². The van der Waals surface area contributed by atoms with Crippen LogP contribution in [0.3, 0.4) is 0 Å². The number of hydrogen-bond donors (Lipinski definition) is 0. The monoisotopic (exact) mass is 261 g/mol. The number of benzene rings is 1. The Bertz CT molecular complexity index is 425. The van der Waals surface area contributed by atoms with Gasteiger partial charge in [0.2, 0.25) is 5.91 Å². The minimum Gasteiger partial charge on any atom is -0.496 e. The van der Waals surface area contributed by atoms with E-state index in [1.54, 1.807) is 7.11 Å². The minimum atomic E-state index is 0.191. The molecule has 19 heavy (non-hydrogen) atoms. The third-order valence-corrected chi connectivity index (χ3v) is 4.05. The molecule has 0 unspecified atom stereocenters. The van der Waals surface area contributed by atoms with Crippen molar-refractivity contribution in [1.29, 1.82) is 0 Å². The summed E-state index contributed by atoms with van der Waals surface area (Å²) in [6.45, 7) is 0. The van der Waals surface area contributed by atoms with E-state index in [2.05, 4.69) is 0 Å². The number of nitrogens with zero attached hydrogens (tertiary/aromatic N) is 1. The fourth-order valence-corrected chi connectivity index (χ4v) is 2.81. The lowest BCUT2D eigenvalue weighted by Crippen LogP contribution is -2.39. The van der Waals surface area contributed by atoms with Gasteiger partial charge in [-0.15, -0.1) is 0 Å². The number of para-hydroxylation sites is 1. The molecule has 3 nitrogen and oxygen atoms in total. The highest BCUT2D eigenvalue weighted by molar-refractivity contribution is 5.79. The van der Waals surface area contributed by atoms with Crippen molar-refractivity contribution in [2.45, 2.75) is 44.6 Å². The fourth-order valence-electron chi connectivity index (χ4n) is 2.81. The molecule has 1 fully saturated rings. The van der Waals surface area contributed by atoms with Gasteiger partial charge < -0.3 is 9.64 Å². The van der Waals surface area contributed by atoms with Gasteiger partial charge in [0.05, 0.1) is 13.5 Å². The molecule has 0 radical (unpaired) electrons. The number of amides is 1. The predicted octanol–water partition coefficient (Wildman–Crippen LogP) is 3.03. The maximum Gasteiger partial charge on any atom is 0.227 e. The van der Waals surface area contributed by atoms with Crippen LogP contribution in [0.2, 0.25) is 0 Å². The number of methoxy groups -OCH3 is 1. The van der Waals surface area contributed by atoms with E-state index < -0.39 is 0 Å². The molecule has 0 N–H and O–H groups in total. The summed E-state index contributed by atoms with van der Waals surface area (Å²) in [5, 5.41) is 0. The lowest BCUT2D eigenvalue weighted by molar-refractivity contribution is -0.131. The number of rotatable bonds is 4. The first-order chi connectivity index (χ1) is 9.22. The van der Waals surface area contributed by atoms with E-state index >= 15 is 0 Å². The zero-order chi connectivity index (χ0) is 13.7. The SMILES string of the molecule is COc1ccccc1CC(=O)N(C)C1CCCCC1. The van der Waals surface area contributed by atoms with Gasteiger partial charge in [-0.3, -0.25) is 4.79 Å². The summed E-state index contributed by atoms with van der Waals surface area (Å²) >= 11 is 0. The minimum absolute atomic E-state index is 0.191. The molecule has 0 aliphatic heterocycles. The molecule has 0 spiro atoms. The molecule has 1 aromatic carbocycles. The second kappa shape index (κ2) is 6.60. The quantitative estimate of drug-likeness (QED) is 0.833. The molecule has 1 saturated carbocycles. The summed E-state index contributed by atoms with van der Waals surface area (Å²) in [5.41, 5.74) is 0.970. The molecule has 2 rings (SSSR count). The highest BCUT2D eigenvalue weighted by atomic mass is 16.5. The second-order valence-corrected chi connectivity index (χ2v) is 5.29. The van der Waals surface area contributed by atoms with Gasteiger partial charge in [0.15, 0.2) is 0 Å². The maximum absolute atomic E-state index is 12.4. The molecule has 1 amide bonds. The summed E-state index contributed by atoms with van der Waals surface area (Å²) in [6.07, 6.45) is 6.53. The zero-order valence-electron chi connectivity index (χ0n) is 11.9. The molecule has 0 heterocycles. The summed E-state index contributed by atoms with van der Waals surface area (Å²) in [5.74, 6) is 0.990. The van der Waals surface area contributed by atoms with E-state index in [9.17, 15) is 4.79 Å². The van der Waals surface area contributed by atoms with Crippen molar-refractivity contribution in [2.75, 3.05) is 14.2 Å². The van der Waals surface area contributed by atoms with Crippen molar-refractivity contribution in [3.05, 3.63) is 29.8 Å². The number of ether oxygens (including phenoxy) is 1. The van der Waals surface area contributed by atoms with Crippen LogP contribution < -0.4 is 4.74 Å². The van der Waals surface area contributed by atoms with Crippen LogP contribution in [0.5, 0.6) is 5.75 Å². The normalized spacial score (nSPS) is 16.1. The molecule has 3 heteroatoms. The van der Waals surface area contributed by atoms with Crippen LogP contribution in [-0.4, -0.2) is 31.0 Å². The Hall–Kier alpha value is -1.51. The van der Waals surface area contributed by atoms with Crippen LogP contribution in [0.1, 0.15) is 37.7 Å². The van der Waals surface area contributed by atoms with Gasteiger partial charge in [-0.1, -0.05) is 37.5 Å². The molecular weight excluding hydrogens is 238 g/mol. The standard InChI is InChI=1S/C16H23NO2/c1-17(14-9-4-3-5-10-14)16(18)12-13-8-6-7-11-15(13)19-2/h6-8,11,14H,3-5,9-10,12H2,1-2H3. The first-order valence-electron chi connectivity index (χ1n) is 7.10. The molecule has 1 aliphatic carbocycles. The fraction of sp³-hybridized carbons (Fsp3) is 0.562. The van der Waals surface area contributed by atoms with Crippen LogP contribution in [0, 0.1) is 0 Å². The third-order valence-electron chi connectivity index (χ3n) is 4.05. The first-order valence-corrected chi connectivity index (χ1v) is 7.10. The van der Waals surface area contributed by atoms with E-state index in [0.29, 0.717) is 12.5 Å². The van der Waals surface area contributed by atoms with Crippen LogP contribution in [0.25, 0.3) is 0 Å². The van der Waals surface area contributed by atoms with E-state index in [0.717, 1.165) is 24.2 Å². The summed E-state index contributed by atoms with van der Waals surface area (Å²) in [7, 11) is 3.59. The Balaban J connectivity index is 1.99. The molecule has 1 aliphatic rings. The lowest BCUT2D eigenvalue weighted by atomic mass is 9.94. The van der Waals surface area contributed by atoms with Crippen molar-refractivity contribution in [3.8, 4) is 5.75 Å². The summed E-state index contributed by atoms with van der Waals surface area (Å²) in [6, 6.07) is 8.17. The van der Waals surface area contributed by atoms with E-state index in [1.807, 2.05) is 36.2 Å². The average Bonchev–Trinajstić information content (AvgIpc) is 2.48. The van der Waals surface area contributed by atoms with Gasteiger partial charge in [-0.25, -0.2) is 0 Å². The first kappa shape index (κ1) is 13.9. The lowest BCUT2D eigenvalue weighted by Gasteiger charge is -2.31. The highest BCUT2D eigenvalue weighted by Gasteiger charge is 2.22. The van der Waals surface area contributed by atoms with Gasteiger partial charge in [-0.2, -0.15) is 0 Å². The van der Waals surface area contributed by atoms with Crippen molar-refractivity contribution < 1.29 is 9.53 Å². The zero-order valence-corrected chi connectivity index (χ0v) is 11.9. The Morgan fingerprint density at radius 2 is 1.95 bits per heavy atom. The Labute approximate surface area is 115 Å². The largest absolute Gasteiger partial charge is 0.496 e. The number of hydrogen-bond acceptors (Lipinski definition) is 2. The molecule has 104 valence electrons. The van der Waals surface area contributed by atoms with Crippen LogP contribution >= 0.6 is 0 Å². The van der Waals surface area contributed by atoms with Crippen molar-refractivity contribution in [2.24, 2.45) is 0 Å². The van der Waals surface area contributed by atoms with Crippen molar-refractivity contribution in [3.63, 3.8) is 0 Å². The van der Waals surface area contributed by atoms with Gasteiger partial charge in [-0.05, 0) is 18.9 Å². The average molecular weight is 261 g/mol. The number of likely N-dealkylation sites (N-methyl/N-ethyl adjacent to an activating group) is 1. The molecule has 0 aromatic heterocycles. The molecule has 0 bridgehead atoms. The maximum atomic E-state index is 12.4. The van der Waals surface area contributed by atoms with E-state index in [-0.39, 0.29) is 5.91 Å². The molecule has 0 saturated heterocycles. The third kappa shape index (κ3) is 3.49. The summed E-state index contributed by atoms with van der Waals surface area (Å²) < 4.78 is 5.30. The Kier molecular flexibility index (Phi) is 4.83. The Morgan fingerprint density at radius 1 is 1.26 bits per heavy atom. The molecule has 1 aromatic rings. The predicted molar refractivity (Wildman–Crippen MR) is 76.3 cm³/mol.